The lowest BCUT2D eigenvalue weighted by molar-refractivity contribution is 0.384. The van der Waals surface area contributed by atoms with Crippen LogP contribution in [-0.2, 0) is 13.5 Å². The lowest BCUT2D eigenvalue weighted by Gasteiger charge is -2.17. The van der Waals surface area contributed by atoms with E-state index in [2.05, 4.69) is 15.4 Å². The third-order valence-corrected chi connectivity index (χ3v) is 2.92. The van der Waals surface area contributed by atoms with Gasteiger partial charge in [-0.3, -0.25) is 4.68 Å². The fourth-order valence-electron chi connectivity index (χ4n) is 2.02. The van der Waals surface area contributed by atoms with Gasteiger partial charge in [-0.15, -0.1) is 0 Å². The van der Waals surface area contributed by atoms with Crippen molar-refractivity contribution in [3.63, 3.8) is 0 Å². The van der Waals surface area contributed by atoms with Gasteiger partial charge in [-0.05, 0) is 25.1 Å². The van der Waals surface area contributed by atoms with Crippen molar-refractivity contribution in [2.24, 2.45) is 7.05 Å². The Hall–Kier alpha value is -1.88. The quantitative estimate of drug-likeness (QED) is 0.864. The maximum atomic E-state index is 5.30. The molecule has 1 N–H and O–H groups in total. The van der Waals surface area contributed by atoms with Crippen molar-refractivity contribution >= 4 is 0 Å². The standard InChI is InChI=1S/C13H18N4O/c1-14-12(7-10-8-16-17(2)9-10)11-5-4-6-15-13(11)18-3/h4-6,8-9,12,14H,7H2,1-3H3. The highest BCUT2D eigenvalue weighted by molar-refractivity contribution is 5.30. The van der Waals surface area contributed by atoms with E-state index in [-0.39, 0.29) is 6.04 Å². The molecule has 1 unspecified atom stereocenters. The van der Waals surface area contributed by atoms with Gasteiger partial charge in [-0.2, -0.15) is 5.10 Å². The third kappa shape index (κ3) is 2.68. The molecule has 5 heteroatoms. The zero-order valence-corrected chi connectivity index (χ0v) is 10.9. The number of pyridine rings is 1. The van der Waals surface area contributed by atoms with Gasteiger partial charge in [0.05, 0.1) is 13.3 Å². The van der Waals surface area contributed by atoms with Crippen LogP contribution in [0.1, 0.15) is 17.2 Å². The molecule has 0 bridgehead atoms. The molecule has 18 heavy (non-hydrogen) atoms. The summed E-state index contributed by atoms with van der Waals surface area (Å²) in [5, 5.41) is 7.48. The van der Waals surface area contributed by atoms with Gasteiger partial charge in [-0.25, -0.2) is 4.98 Å². The molecule has 2 heterocycles. The molecule has 1 atom stereocenters. The number of nitrogens with one attached hydrogen (secondary N) is 1. The summed E-state index contributed by atoms with van der Waals surface area (Å²) in [6.45, 7) is 0. The smallest absolute Gasteiger partial charge is 0.217 e. The van der Waals surface area contributed by atoms with Gasteiger partial charge in [0.15, 0.2) is 0 Å². The van der Waals surface area contributed by atoms with Crippen LogP contribution in [0.25, 0.3) is 0 Å². The van der Waals surface area contributed by atoms with Crippen LogP contribution in [0, 0.1) is 0 Å². The zero-order chi connectivity index (χ0) is 13.0. The van der Waals surface area contributed by atoms with Gasteiger partial charge in [0.2, 0.25) is 5.88 Å². The highest BCUT2D eigenvalue weighted by Crippen LogP contribution is 2.24. The minimum Gasteiger partial charge on any atom is -0.481 e. The summed E-state index contributed by atoms with van der Waals surface area (Å²) in [5.74, 6) is 0.667. The molecule has 2 rings (SSSR count). The molecule has 0 aliphatic carbocycles. The number of rotatable bonds is 5. The minimum atomic E-state index is 0.165. The van der Waals surface area contributed by atoms with E-state index in [0.717, 1.165) is 12.0 Å². The first-order valence-electron chi connectivity index (χ1n) is 5.88. The Balaban J connectivity index is 2.22. The molecule has 0 amide bonds. The molecule has 96 valence electrons. The van der Waals surface area contributed by atoms with Crippen LogP contribution >= 0.6 is 0 Å². The average Bonchev–Trinajstić information content (AvgIpc) is 2.81. The van der Waals surface area contributed by atoms with Crippen molar-refractivity contribution in [3.8, 4) is 5.88 Å². The van der Waals surface area contributed by atoms with Crippen molar-refractivity contribution in [1.82, 2.24) is 20.1 Å². The number of hydrogen-bond donors (Lipinski definition) is 1. The molecule has 0 saturated carbocycles. The van der Waals surface area contributed by atoms with Crippen LogP contribution in [-0.4, -0.2) is 28.9 Å². The molecule has 2 aromatic rings. The zero-order valence-electron chi connectivity index (χ0n) is 10.9. The highest BCUT2D eigenvalue weighted by Gasteiger charge is 2.16. The molecule has 0 fully saturated rings. The molecule has 2 aromatic heterocycles. The summed E-state index contributed by atoms with van der Waals surface area (Å²) in [6.07, 6.45) is 6.49. The summed E-state index contributed by atoms with van der Waals surface area (Å²) >= 11 is 0. The second kappa shape index (κ2) is 5.64. The molecular formula is C13H18N4O. The number of aryl methyl sites for hydroxylation is 1. The van der Waals surface area contributed by atoms with E-state index in [1.54, 1.807) is 13.3 Å². The fourth-order valence-corrected chi connectivity index (χ4v) is 2.02. The van der Waals surface area contributed by atoms with Gasteiger partial charge >= 0.3 is 0 Å². The largest absolute Gasteiger partial charge is 0.481 e. The Morgan fingerprint density at radius 3 is 2.94 bits per heavy atom. The van der Waals surface area contributed by atoms with Crippen LogP contribution in [0.2, 0.25) is 0 Å². The number of methoxy groups -OCH3 is 1. The van der Waals surface area contributed by atoms with E-state index < -0.39 is 0 Å². The molecular weight excluding hydrogens is 228 g/mol. The van der Waals surface area contributed by atoms with Gasteiger partial charge in [0.25, 0.3) is 0 Å². The van der Waals surface area contributed by atoms with Crippen molar-refractivity contribution in [2.75, 3.05) is 14.2 Å². The summed E-state index contributed by atoms with van der Waals surface area (Å²) in [6, 6.07) is 4.12. The van der Waals surface area contributed by atoms with Gasteiger partial charge in [0, 0.05) is 31.0 Å². The summed E-state index contributed by atoms with van der Waals surface area (Å²) in [4.78, 5) is 4.23. The van der Waals surface area contributed by atoms with E-state index in [4.69, 9.17) is 4.74 Å². The Bertz CT molecular complexity index is 509. The molecule has 0 spiro atoms. The van der Waals surface area contributed by atoms with Crippen LogP contribution in [0.4, 0.5) is 0 Å². The molecule has 0 aliphatic rings. The van der Waals surface area contributed by atoms with Gasteiger partial charge in [0.1, 0.15) is 0 Å². The molecule has 5 nitrogen and oxygen atoms in total. The second-order valence-electron chi connectivity index (χ2n) is 4.17. The second-order valence-corrected chi connectivity index (χ2v) is 4.17. The topological polar surface area (TPSA) is 52.0 Å². The van der Waals surface area contributed by atoms with Crippen molar-refractivity contribution < 1.29 is 4.74 Å². The van der Waals surface area contributed by atoms with Gasteiger partial charge < -0.3 is 10.1 Å². The maximum Gasteiger partial charge on any atom is 0.217 e. The highest BCUT2D eigenvalue weighted by atomic mass is 16.5. The van der Waals surface area contributed by atoms with Crippen molar-refractivity contribution in [2.45, 2.75) is 12.5 Å². The van der Waals surface area contributed by atoms with E-state index in [9.17, 15) is 0 Å². The van der Waals surface area contributed by atoms with Crippen LogP contribution in [0.15, 0.2) is 30.7 Å². The van der Waals surface area contributed by atoms with E-state index in [1.807, 2.05) is 43.3 Å². The van der Waals surface area contributed by atoms with Crippen molar-refractivity contribution in [3.05, 3.63) is 41.9 Å². The molecule has 0 aromatic carbocycles. The molecule has 0 aliphatic heterocycles. The first-order valence-corrected chi connectivity index (χ1v) is 5.88. The normalized spacial score (nSPS) is 12.4. The van der Waals surface area contributed by atoms with E-state index in [0.29, 0.717) is 5.88 Å². The number of ether oxygens (including phenoxy) is 1. The first kappa shape index (κ1) is 12.6. The maximum absolute atomic E-state index is 5.30. The van der Waals surface area contributed by atoms with Crippen molar-refractivity contribution in [1.29, 1.82) is 0 Å². The van der Waals surface area contributed by atoms with Crippen LogP contribution in [0.3, 0.4) is 0 Å². The van der Waals surface area contributed by atoms with Gasteiger partial charge in [-0.1, -0.05) is 6.07 Å². The number of hydrogen-bond acceptors (Lipinski definition) is 4. The monoisotopic (exact) mass is 246 g/mol. The summed E-state index contributed by atoms with van der Waals surface area (Å²) in [5.41, 5.74) is 2.24. The SMILES string of the molecule is CNC(Cc1cnn(C)c1)c1cccnc1OC. The first-order chi connectivity index (χ1) is 8.74. The predicted octanol–water partition coefficient (Wildman–Crippen LogP) is 1.33. The lowest BCUT2D eigenvalue weighted by atomic mass is 10.0. The molecule has 0 radical (unpaired) electrons. The summed E-state index contributed by atoms with van der Waals surface area (Å²) < 4.78 is 7.11. The fraction of sp³-hybridized carbons (Fsp3) is 0.385. The predicted molar refractivity (Wildman–Crippen MR) is 69.5 cm³/mol. The van der Waals surface area contributed by atoms with E-state index >= 15 is 0 Å². The number of nitrogens with zero attached hydrogens (tertiary/aromatic N) is 3. The Morgan fingerprint density at radius 1 is 1.50 bits per heavy atom. The molecule has 0 saturated heterocycles. The lowest BCUT2D eigenvalue weighted by Crippen LogP contribution is -2.19. The van der Waals surface area contributed by atoms with Crippen LogP contribution < -0.4 is 10.1 Å². The Labute approximate surface area is 107 Å². The average molecular weight is 246 g/mol. The number of aromatic nitrogens is 3. The van der Waals surface area contributed by atoms with Crippen LogP contribution in [0.5, 0.6) is 5.88 Å². The van der Waals surface area contributed by atoms with E-state index in [1.165, 1.54) is 5.56 Å². The third-order valence-electron chi connectivity index (χ3n) is 2.92. The summed E-state index contributed by atoms with van der Waals surface area (Å²) in [7, 11) is 5.50. The number of likely N-dealkylation sites (N-methyl/N-ethyl adjacent to an activating group) is 1. The Morgan fingerprint density at radius 2 is 2.33 bits per heavy atom. The Kier molecular flexibility index (Phi) is 3.94. The minimum absolute atomic E-state index is 0.165.